The van der Waals surface area contributed by atoms with E-state index in [2.05, 4.69) is 21.6 Å². The van der Waals surface area contributed by atoms with E-state index in [1.807, 2.05) is 42.5 Å². The summed E-state index contributed by atoms with van der Waals surface area (Å²) < 4.78 is 5.36. The number of benzene rings is 3. The number of halogens is 1. The minimum atomic E-state index is -0.168. The van der Waals surface area contributed by atoms with Crippen LogP contribution in [0.15, 0.2) is 72.8 Å². The number of carbonyl (C=O) groups is 2. The minimum Gasteiger partial charge on any atom is -0.496 e. The lowest BCUT2D eigenvalue weighted by atomic mass is 9.95. The van der Waals surface area contributed by atoms with Gasteiger partial charge in [-0.2, -0.15) is 0 Å². The second-order valence-electron chi connectivity index (χ2n) is 8.74. The average Bonchev–Trinajstić information content (AvgIpc) is 2.88. The Morgan fingerprint density at radius 2 is 1.74 bits per heavy atom. The van der Waals surface area contributed by atoms with Gasteiger partial charge in [-0.25, -0.2) is 0 Å². The van der Waals surface area contributed by atoms with Gasteiger partial charge in [0.25, 0.3) is 5.91 Å². The van der Waals surface area contributed by atoms with Gasteiger partial charge in [0.2, 0.25) is 5.91 Å². The fourth-order valence-electron chi connectivity index (χ4n) is 4.34. The molecule has 0 bridgehead atoms. The summed E-state index contributed by atoms with van der Waals surface area (Å²) in [6.45, 7) is 2.96. The number of rotatable bonds is 8. The second kappa shape index (κ2) is 11.9. The Bertz CT molecular complexity index is 1160. The Balaban J connectivity index is 1.25. The molecule has 2 N–H and O–H groups in total. The Morgan fingerprint density at radius 3 is 2.49 bits per heavy atom. The van der Waals surface area contributed by atoms with Gasteiger partial charge in [-0.05, 0) is 74.0 Å². The summed E-state index contributed by atoms with van der Waals surface area (Å²) in [7, 11) is 1.64. The molecule has 0 radical (unpaired) electrons. The number of anilines is 1. The number of amides is 2. The highest BCUT2D eigenvalue weighted by atomic mass is 35.5. The van der Waals surface area contributed by atoms with E-state index in [1.54, 1.807) is 31.4 Å². The van der Waals surface area contributed by atoms with E-state index in [4.69, 9.17) is 16.3 Å². The molecule has 3 aromatic rings. The summed E-state index contributed by atoms with van der Waals surface area (Å²) in [6, 6.07) is 22.4. The third-order valence-corrected chi connectivity index (χ3v) is 6.55. The van der Waals surface area contributed by atoms with Gasteiger partial charge < -0.3 is 15.4 Å². The van der Waals surface area contributed by atoms with Gasteiger partial charge in [0.15, 0.2) is 0 Å². The SMILES string of the molecule is COc1ccccc1CNC(=O)C1CCN(Cc2cccc(NC(=O)c3ccc(Cl)cc3)c2)CC1. The Labute approximate surface area is 211 Å². The standard InChI is InChI=1S/C28H30ClN3O3/c1-35-26-8-3-2-6-23(26)18-30-27(33)22-13-15-32(16-14-22)19-20-5-4-7-25(17-20)31-28(34)21-9-11-24(29)12-10-21/h2-12,17,22H,13-16,18-19H2,1H3,(H,30,33)(H,31,34). The van der Waals surface area contributed by atoms with Crippen LogP contribution in [0, 0.1) is 5.92 Å². The highest BCUT2D eigenvalue weighted by molar-refractivity contribution is 6.30. The van der Waals surface area contributed by atoms with Crippen molar-refractivity contribution in [1.82, 2.24) is 10.2 Å². The van der Waals surface area contributed by atoms with Crippen LogP contribution < -0.4 is 15.4 Å². The van der Waals surface area contributed by atoms with E-state index in [0.717, 1.165) is 55.0 Å². The summed E-state index contributed by atoms with van der Waals surface area (Å²) in [6.07, 6.45) is 1.65. The number of ether oxygens (including phenoxy) is 1. The number of piperidine rings is 1. The molecule has 3 aromatic carbocycles. The lowest BCUT2D eigenvalue weighted by Crippen LogP contribution is -2.40. The summed E-state index contributed by atoms with van der Waals surface area (Å²) in [5.41, 5.74) is 3.42. The number of para-hydroxylation sites is 1. The number of hydrogen-bond acceptors (Lipinski definition) is 4. The number of carbonyl (C=O) groups excluding carboxylic acids is 2. The topological polar surface area (TPSA) is 70.7 Å². The van der Waals surface area contributed by atoms with E-state index in [1.165, 1.54) is 0 Å². The predicted octanol–water partition coefficient (Wildman–Crippen LogP) is 5.13. The lowest BCUT2D eigenvalue weighted by Gasteiger charge is -2.31. The highest BCUT2D eigenvalue weighted by Gasteiger charge is 2.25. The van der Waals surface area contributed by atoms with Crippen LogP contribution in [-0.2, 0) is 17.9 Å². The summed E-state index contributed by atoms with van der Waals surface area (Å²) in [5, 5.41) is 6.61. The zero-order chi connectivity index (χ0) is 24.6. The Morgan fingerprint density at radius 1 is 1.00 bits per heavy atom. The fraction of sp³-hybridized carbons (Fsp3) is 0.286. The van der Waals surface area contributed by atoms with E-state index < -0.39 is 0 Å². The molecular formula is C28H30ClN3O3. The number of nitrogens with zero attached hydrogens (tertiary/aromatic N) is 1. The molecule has 0 aliphatic carbocycles. The van der Waals surface area contributed by atoms with Gasteiger partial charge in [0, 0.05) is 40.8 Å². The van der Waals surface area contributed by atoms with Crippen molar-refractivity contribution in [3.63, 3.8) is 0 Å². The minimum absolute atomic E-state index is 0.0194. The van der Waals surface area contributed by atoms with Crippen molar-refractivity contribution in [2.45, 2.75) is 25.9 Å². The van der Waals surface area contributed by atoms with Crippen molar-refractivity contribution in [1.29, 1.82) is 0 Å². The van der Waals surface area contributed by atoms with Crippen molar-refractivity contribution in [2.75, 3.05) is 25.5 Å². The van der Waals surface area contributed by atoms with E-state index >= 15 is 0 Å². The first-order chi connectivity index (χ1) is 17.0. The maximum atomic E-state index is 12.7. The summed E-state index contributed by atoms with van der Waals surface area (Å²) in [4.78, 5) is 27.5. The van der Waals surface area contributed by atoms with Crippen LogP contribution in [0.25, 0.3) is 0 Å². The molecule has 2 amide bonds. The molecule has 182 valence electrons. The van der Waals surface area contributed by atoms with Crippen LogP contribution >= 0.6 is 11.6 Å². The van der Waals surface area contributed by atoms with Crippen molar-refractivity contribution >= 4 is 29.1 Å². The molecule has 1 heterocycles. The molecule has 1 saturated heterocycles. The molecule has 0 saturated carbocycles. The zero-order valence-electron chi connectivity index (χ0n) is 19.8. The second-order valence-corrected chi connectivity index (χ2v) is 9.18. The van der Waals surface area contributed by atoms with Crippen LogP contribution in [0.4, 0.5) is 5.69 Å². The lowest BCUT2D eigenvalue weighted by molar-refractivity contribution is -0.126. The van der Waals surface area contributed by atoms with Crippen LogP contribution in [0.1, 0.15) is 34.3 Å². The molecule has 7 heteroatoms. The van der Waals surface area contributed by atoms with E-state index in [0.29, 0.717) is 17.1 Å². The van der Waals surface area contributed by atoms with Crippen LogP contribution in [0.5, 0.6) is 5.75 Å². The average molecular weight is 492 g/mol. The maximum Gasteiger partial charge on any atom is 0.255 e. The van der Waals surface area contributed by atoms with Crippen LogP contribution in [0.3, 0.4) is 0 Å². The van der Waals surface area contributed by atoms with Crippen molar-refractivity contribution in [2.24, 2.45) is 5.92 Å². The molecule has 0 spiro atoms. The number of likely N-dealkylation sites (tertiary alicyclic amines) is 1. The third kappa shape index (κ3) is 6.84. The first kappa shape index (κ1) is 24.8. The summed E-state index contributed by atoms with van der Waals surface area (Å²) >= 11 is 5.91. The first-order valence-electron chi connectivity index (χ1n) is 11.8. The molecule has 35 heavy (non-hydrogen) atoms. The molecule has 0 aromatic heterocycles. The normalized spacial score (nSPS) is 14.3. The molecule has 1 aliphatic rings. The molecule has 1 aliphatic heterocycles. The van der Waals surface area contributed by atoms with Crippen LogP contribution in [-0.4, -0.2) is 36.9 Å². The van der Waals surface area contributed by atoms with Crippen molar-refractivity contribution in [3.8, 4) is 5.75 Å². The highest BCUT2D eigenvalue weighted by Crippen LogP contribution is 2.22. The maximum absolute atomic E-state index is 12.7. The smallest absolute Gasteiger partial charge is 0.255 e. The first-order valence-corrected chi connectivity index (χ1v) is 12.2. The predicted molar refractivity (Wildman–Crippen MR) is 139 cm³/mol. The third-order valence-electron chi connectivity index (χ3n) is 6.30. The number of nitrogens with one attached hydrogen (secondary N) is 2. The van der Waals surface area contributed by atoms with Gasteiger partial charge in [-0.15, -0.1) is 0 Å². The van der Waals surface area contributed by atoms with Gasteiger partial charge in [0.1, 0.15) is 5.75 Å². The molecule has 0 atom stereocenters. The van der Waals surface area contributed by atoms with Gasteiger partial charge >= 0.3 is 0 Å². The zero-order valence-corrected chi connectivity index (χ0v) is 20.6. The van der Waals surface area contributed by atoms with Gasteiger partial charge in [0.05, 0.1) is 7.11 Å². The van der Waals surface area contributed by atoms with Crippen molar-refractivity contribution in [3.05, 3.63) is 94.5 Å². The molecular weight excluding hydrogens is 462 g/mol. The van der Waals surface area contributed by atoms with E-state index in [9.17, 15) is 9.59 Å². The summed E-state index contributed by atoms with van der Waals surface area (Å²) in [5.74, 6) is 0.737. The Hall–Kier alpha value is -3.35. The fourth-order valence-corrected chi connectivity index (χ4v) is 4.47. The Kier molecular flexibility index (Phi) is 8.40. The molecule has 4 rings (SSSR count). The van der Waals surface area contributed by atoms with Gasteiger partial charge in [-0.1, -0.05) is 41.9 Å². The number of hydrogen-bond donors (Lipinski definition) is 2. The molecule has 1 fully saturated rings. The number of methoxy groups -OCH3 is 1. The monoisotopic (exact) mass is 491 g/mol. The van der Waals surface area contributed by atoms with Crippen molar-refractivity contribution < 1.29 is 14.3 Å². The molecule has 6 nitrogen and oxygen atoms in total. The van der Waals surface area contributed by atoms with Crippen LogP contribution in [0.2, 0.25) is 5.02 Å². The largest absolute Gasteiger partial charge is 0.496 e. The van der Waals surface area contributed by atoms with Gasteiger partial charge in [-0.3, -0.25) is 14.5 Å². The van der Waals surface area contributed by atoms with E-state index in [-0.39, 0.29) is 17.7 Å². The molecule has 0 unspecified atom stereocenters. The quantitative estimate of drug-likeness (QED) is 0.458.